The number of carbonyl (C=O) groups is 2. The Bertz CT molecular complexity index is 2750. The Morgan fingerprint density at radius 3 is 1.50 bits per heavy atom. The van der Waals surface area contributed by atoms with Crippen molar-refractivity contribution < 1.29 is 28.5 Å². The summed E-state index contributed by atoms with van der Waals surface area (Å²) < 4.78 is 25.6. The van der Waals surface area contributed by atoms with E-state index in [0.29, 0.717) is 60.2 Å². The number of allylic oxidation sites excluding steroid dienone is 1. The quantitative estimate of drug-likeness (QED) is 0.0161. The number of imide groups is 1. The standard InChI is InChI=1S/C75H109N3O6/c1-5-9-12-15-18-21-23-26-29-32-41-61(40-31-28-25-20-17-14-11-7-3)59-82-54-35-37-56-84-70-57-63(39-8-4)69(83-55-36-34-53-81-52-33-30-27-24-22-19-16-13-10-6-2)58-64(70)48-51-78(60-79)75(80)66-44-45-68-72-65(66)47-50-77-74(72)67-43-38-42-62-46-49-76-73(68)71(62)67/h8,38-39,42-51,57-58,60-61H,5-7,9-37,40-41,52-56,59H2,1-4H3/b39-8+,51-48+. The minimum absolute atomic E-state index is 0.401. The summed E-state index contributed by atoms with van der Waals surface area (Å²) in [4.78, 5) is 38.3. The number of benzene rings is 4. The maximum absolute atomic E-state index is 14.6. The fourth-order valence-electron chi connectivity index (χ4n) is 12.1. The molecule has 2 aromatic heterocycles. The number of hydrogen-bond donors (Lipinski definition) is 0. The summed E-state index contributed by atoms with van der Waals surface area (Å²) in [5, 5.41) is 5.59. The van der Waals surface area contributed by atoms with Gasteiger partial charge in [0, 0.05) is 83.3 Å². The van der Waals surface area contributed by atoms with Crippen molar-refractivity contribution in [2.24, 2.45) is 5.92 Å². The second-order valence-corrected chi connectivity index (χ2v) is 23.9. The van der Waals surface area contributed by atoms with Gasteiger partial charge in [0.05, 0.1) is 24.2 Å². The van der Waals surface area contributed by atoms with Gasteiger partial charge in [0.25, 0.3) is 5.91 Å². The zero-order valence-electron chi connectivity index (χ0n) is 52.9. The smallest absolute Gasteiger partial charge is 0.264 e. The summed E-state index contributed by atoms with van der Waals surface area (Å²) in [5.74, 6) is 1.55. The average Bonchev–Trinajstić information content (AvgIpc) is 2.56. The van der Waals surface area contributed by atoms with E-state index < -0.39 is 5.91 Å². The second-order valence-electron chi connectivity index (χ2n) is 23.9. The summed E-state index contributed by atoms with van der Waals surface area (Å²) in [6.45, 7) is 13.0. The van der Waals surface area contributed by atoms with Gasteiger partial charge in [-0.05, 0) is 105 Å². The molecule has 0 aliphatic rings. The molecule has 1 unspecified atom stereocenters. The van der Waals surface area contributed by atoms with Crippen LogP contribution in [0.15, 0.2) is 79.3 Å². The largest absolute Gasteiger partial charge is 0.493 e. The van der Waals surface area contributed by atoms with Gasteiger partial charge in [-0.3, -0.25) is 24.5 Å². The van der Waals surface area contributed by atoms with Crippen LogP contribution in [0.25, 0.3) is 55.5 Å². The number of pyridine rings is 2. The summed E-state index contributed by atoms with van der Waals surface area (Å²) in [5.41, 5.74) is 3.68. The highest BCUT2D eigenvalue weighted by Crippen LogP contribution is 2.40. The van der Waals surface area contributed by atoms with E-state index in [2.05, 4.69) is 32.9 Å². The van der Waals surface area contributed by atoms with Crippen LogP contribution >= 0.6 is 0 Å². The zero-order valence-corrected chi connectivity index (χ0v) is 52.9. The lowest BCUT2D eigenvalue weighted by Crippen LogP contribution is -2.24. The molecule has 0 radical (unpaired) electrons. The summed E-state index contributed by atoms with van der Waals surface area (Å²) in [7, 11) is 0. The van der Waals surface area contributed by atoms with E-state index in [0.717, 1.165) is 100 Å². The number of fused-ring (bicyclic) bond motifs is 2. The molecule has 0 N–H and O–H groups in total. The van der Waals surface area contributed by atoms with Crippen LogP contribution in [-0.2, 0) is 14.3 Å². The predicted octanol–water partition coefficient (Wildman–Crippen LogP) is 21.6. The van der Waals surface area contributed by atoms with E-state index in [4.69, 9.17) is 28.9 Å². The van der Waals surface area contributed by atoms with Gasteiger partial charge in [0.2, 0.25) is 6.41 Å². The molecule has 2 heterocycles. The van der Waals surface area contributed by atoms with Crippen molar-refractivity contribution in [2.75, 3.05) is 39.6 Å². The molecular formula is C75H109N3O6. The number of rotatable bonds is 50. The van der Waals surface area contributed by atoms with Gasteiger partial charge in [-0.2, -0.15) is 0 Å². The molecule has 0 saturated carbocycles. The first kappa shape index (κ1) is 67.7. The summed E-state index contributed by atoms with van der Waals surface area (Å²) in [6, 6.07) is 17.8. The number of ether oxygens (including phenoxy) is 4. The Hall–Kier alpha value is -5.38. The third-order valence-electron chi connectivity index (χ3n) is 17.0. The molecule has 9 heteroatoms. The van der Waals surface area contributed by atoms with Crippen LogP contribution in [0.4, 0.5) is 0 Å². The van der Waals surface area contributed by atoms with E-state index in [-0.39, 0.29) is 0 Å². The number of aromatic nitrogens is 2. The van der Waals surface area contributed by atoms with E-state index in [9.17, 15) is 9.59 Å². The Balaban J connectivity index is 1.07. The third-order valence-corrected chi connectivity index (χ3v) is 17.0. The normalized spacial score (nSPS) is 12.3. The zero-order chi connectivity index (χ0) is 59.1. The lowest BCUT2D eigenvalue weighted by Gasteiger charge is -2.18. The number of amides is 2. The Morgan fingerprint density at radius 2 is 0.952 bits per heavy atom. The lowest BCUT2D eigenvalue weighted by molar-refractivity contribution is -0.114. The van der Waals surface area contributed by atoms with Gasteiger partial charge in [0.15, 0.2) is 0 Å². The van der Waals surface area contributed by atoms with E-state index in [1.54, 1.807) is 24.5 Å². The molecule has 6 aromatic rings. The van der Waals surface area contributed by atoms with Crippen molar-refractivity contribution in [2.45, 2.75) is 246 Å². The topological polar surface area (TPSA) is 100 Å². The number of carbonyl (C=O) groups excluding carboxylic acids is 2. The van der Waals surface area contributed by atoms with E-state index >= 15 is 0 Å². The molecule has 0 aliphatic heterocycles. The SMILES string of the molecule is C/C=C/c1cc(OCCCCOCC(CCCCCCCCCC)CCCCCCCCCCCC)c(/C=C/N(C=O)C(=O)c2ccc3c4nccc5cccc(c6nccc2c36)c54)cc1OCCCCOCCCCCCCCCCCC. The van der Waals surface area contributed by atoms with Gasteiger partial charge in [0.1, 0.15) is 11.5 Å². The van der Waals surface area contributed by atoms with Gasteiger partial charge < -0.3 is 18.9 Å². The fourth-order valence-corrected chi connectivity index (χ4v) is 12.1. The van der Waals surface area contributed by atoms with Crippen molar-refractivity contribution in [1.82, 2.24) is 14.9 Å². The molecule has 0 saturated heterocycles. The highest BCUT2D eigenvalue weighted by molar-refractivity contribution is 6.32. The van der Waals surface area contributed by atoms with Gasteiger partial charge in [-0.1, -0.05) is 231 Å². The molecule has 460 valence electrons. The van der Waals surface area contributed by atoms with E-state index in [1.165, 1.54) is 186 Å². The molecule has 0 fully saturated rings. The molecule has 0 spiro atoms. The first-order valence-corrected chi connectivity index (χ1v) is 34.0. The van der Waals surface area contributed by atoms with Crippen molar-refractivity contribution >= 4 is 67.8 Å². The van der Waals surface area contributed by atoms with Crippen molar-refractivity contribution in [3.8, 4) is 11.5 Å². The van der Waals surface area contributed by atoms with Crippen LogP contribution in [0.5, 0.6) is 11.5 Å². The Labute approximate surface area is 507 Å². The minimum atomic E-state index is -0.446. The average molecular weight is 1150 g/mol. The van der Waals surface area contributed by atoms with Crippen LogP contribution in [0.2, 0.25) is 0 Å². The van der Waals surface area contributed by atoms with Crippen LogP contribution in [0.1, 0.15) is 267 Å². The molecule has 1 atom stereocenters. The molecule has 84 heavy (non-hydrogen) atoms. The number of unbranched alkanes of at least 4 members (excludes halogenated alkanes) is 27. The monoisotopic (exact) mass is 1150 g/mol. The second kappa shape index (κ2) is 41.6. The van der Waals surface area contributed by atoms with Gasteiger partial charge in [-0.25, -0.2) is 0 Å². The fraction of sp³-hybridized carbons (Fsp3) is 0.600. The van der Waals surface area contributed by atoms with Gasteiger partial charge >= 0.3 is 0 Å². The molecule has 0 aliphatic carbocycles. The first-order valence-electron chi connectivity index (χ1n) is 34.0. The lowest BCUT2D eigenvalue weighted by atomic mass is 9.93. The summed E-state index contributed by atoms with van der Waals surface area (Å²) >= 11 is 0. The Morgan fingerprint density at radius 1 is 0.488 bits per heavy atom. The molecule has 0 bridgehead atoms. The molecule has 6 rings (SSSR count). The Kier molecular flexibility index (Phi) is 33.6. The van der Waals surface area contributed by atoms with Crippen LogP contribution < -0.4 is 9.47 Å². The number of nitrogens with zero attached hydrogens (tertiary/aromatic N) is 3. The molecule has 9 nitrogen and oxygen atoms in total. The highest BCUT2D eigenvalue weighted by Gasteiger charge is 2.22. The molecular weight excluding hydrogens is 1040 g/mol. The third kappa shape index (κ3) is 23.1. The van der Waals surface area contributed by atoms with Crippen LogP contribution in [0, 0.1) is 5.92 Å². The summed E-state index contributed by atoms with van der Waals surface area (Å²) in [6.07, 6.45) is 55.2. The number of hydrogen-bond acceptors (Lipinski definition) is 8. The predicted molar refractivity (Wildman–Crippen MR) is 356 cm³/mol. The van der Waals surface area contributed by atoms with Gasteiger partial charge in [-0.15, -0.1) is 0 Å². The maximum Gasteiger partial charge on any atom is 0.264 e. The first-order chi connectivity index (χ1) is 41.5. The molecule has 4 aromatic carbocycles. The van der Waals surface area contributed by atoms with Crippen LogP contribution in [-0.4, -0.2) is 66.8 Å². The van der Waals surface area contributed by atoms with Crippen molar-refractivity contribution in [3.63, 3.8) is 0 Å². The van der Waals surface area contributed by atoms with Crippen molar-refractivity contribution in [1.29, 1.82) is 0 Å². The van der Waals surface area contributed by atoms with E-state index in [1.807, 2.05) is 61.7 Å². The molecule has 2 amide bonds. The maximum atomic E-state index is 14.6. The minimum Gasteiger partial charge on any atom is -0.493 e. The van der Waals surface area contributed by atoms with Crippen LogP contribution in [0.3, 0.4) is 0 Å². The highest BCUT2D eigenvalue weighted by atomic mass is 16.5. The van der Waals surface area contributed by atoms with Crippen molar-refractivity contribution in [3.05, 3.63) is 96.0 Å².